The molecule has 2 heteroatoms. The van der Waals surface area contributed by atoms with Crippen molar-refractivity contribution in [1.29, 1.82) is 0 Å². The molecule has 0 saturated carbocycles. The summed E-state index contributed by atoms with van der Waals surface area (Å²) in [5.74, 6) is 1.74. The molecule has 2 nitrogen and oxygen atoms in total. The second kappa shape index (κ2) is 13.2. The fourth-order valence-electron chi connectivity index (χ4n) is 10.0. The van der Waals surface area contributed by atoms with Crippen molar-refractivity contribution in [2.24, 2.45) is 0 Å². The minimum atomic E-state index is -0.724. The van der Waals surface area contributed by atoms with Crippen LogP contribution in [0.2, 0.25) is 0 Å². The van der Waals surface area contributed by atoms with Crippen molar-refractivity contribution in [2.45, 2.75) is 5.41 Å². The van der Waals surface area contributed by atoms with Crippen LogP contribution in [0.25, 0.3) is 54.9 Å². The summed E-state index contributed by atoms with van der Waals surface area (Å²) in [5.41, 5.74) is 14.5. The molecule has 59 heavy (non-hydrogen) atoms. The smallest absolute Gasteiger partial charge is 0.132 e. The molecule has 10 aromatic rings. The van der Waals surface area contributed by atoms with Gasteiger partial charge >= 0.3 is 0 Å². The van der Waals surface area contributed by atoms with Crippen LogP contribution < -0.4 is 9.64 Å². The normalized spacial score (nSPS) is 13.3. The molecule has 0 aliphatic carbocycles. The Morgan fingerprint density at radius 2 is 0.695 bits per heavy atom. The third-order valence-corrected chi connectivity index (χ3v) is 12.5. The van der Waals surface area contributed by atoms with E-state index in [2.05, 4.69) is 229 Å². The highest BCUT2D eigenvalue weighted by Gasteiger charge is 2.51. The first-order valence-electron chi connectivity index (χ1n) is 20.3. The third kappa shape index (κ3) is 4.93. The predicted octanol–water partition coefficient (Wildman–Crippen LogP) is 15.3. The van der Waals surface area contributed by atoms with Crippen LogP contribution >= 0.6 is 0 Å². The Balaban J connectivity index is 1.27. The van der Waals surface area contributed by atoms with E-state index in [1.165, 1.54) is 71.7 Å². The Morgan fingerprint density at radius 3 is 1.17 bits per heavy atom. The predicted molar refractivity (Wildman–Crippen MR) is 244 cm³/mol. The molecule has 0 N–H and O–H groups in total. The molecule has 1 spiro atoms. The second-order valence-corrected chi connectivity index (χ2v) is 15.6. The Morgan fingerprint density at radius 1 is 0.305 bits per heavy atom. The summed E-state index contributed by atoms with van der Waals surface area (Å²) < 4.78 is 6.83. The topological polar surface area (TPSA) is 12.5 Å². The first-order chi connectivity index (χ1) is 29.3. The van der Waals surface area contributed by atoms with Gasteiger partial charge in [0.1, 0.15) is 11.5 Å². The molecule has 2 aliphatic rings. The van der Waals surface area contributed by atoms with Crippen molar-refractivity contribution in [1.82, 2.24) is 0 Å². The molecule has 0 radical (unpaired) electrons. The summed E-state index contributed by atoms with van der Waals surface area (Å²) >= 11 is 0. The number of para-hydroxylation sites is 2. The Bertz CT molecular complexity index is 3050. The number of benzene rings is 10. The van der Waals surface area contributed by atoms with Crippen LogP contribution in [-0.4, -0.2) is 0 Å². The van der Waals surface area contributed by atoms with Crippen molar-refractivity contribution >= 4 is 38.6 Å². The number of hydrogen-bond donors (Lipinski definition) is 0. The average molecular weight is 752 g/mol. The van der Waals surface area contributed by atoms with Gasteiger partial charge in [-0.25, -0.2) is 0 Å². The highest BCUT2D eigenvalue weighted by molar-refractivity contribution is 6.23. The number of rotatable bonds is 4. The van der Waals surface area contributed by atoms with Crippen molar-refractivity contribution in [3.8, 4) is 44.9 Å². The number of anilines is 3. The Hall–Kier alpha value is -7.68. The van der Waals surface area contributed by atoms with Crippen LogP contribution in [0.3, 0.4) is 0 Å². The summed E-state index contributed by atoms with van der Waals surface area (Å²) in [6.45, 7) is 0. The molecule has 0 atom stereocenters. The molecule has 0 aromatic heterocycles. The standard InChI is InChI=1S/C57H37NO/c1-4-18-38(19-5-1)41-32-34-51-49(36-41)57(47-28-14-16-30-53(47)59-54-31-17-15-29-48(54)57)50-37-42(39-20-6-2-7-21-39)33-35-52(50)58(51)56-45-26-12-10-24-43(45)55(40-22-8-3-9-23-40)44-25-11-13-27-46(44)56/h1-37H. The van der Waals surface area contributed by atoms with Crippen molar-refractivity contribution in [3.63, 3.8) is 0 Å². The van der Waals surface area contributed by atoms with Crippen LogP contribution in [0.4, 0.5) is 17.1 Å². The summed E-state index contributed by atoms with van der Waals surface area (Å²) in [4.78, 5) is 2.57. The lowest BCUT2D eigenvalue weighted by Gasteiger charge is -2.49. The summed E-state index contributed by atoms with van der Waals surface area (Å²) in [7, 11) is 0. The Kier molecular flexibility index (Phi) is 7.48. The van der Waals surface area contributed by atoms with E-state index in [0.717, 1.165) is 34.0 Å². The zero-order valence-corrected chi connectivity index (χ0v) is 32.2. The lowest BCUT2D eigenvalue weighted by atomic mass is 9.60. The molecule has 12 rings (SSSR count). The largest absolute Gasteiger partial charge is 0.457 e. The van der Waals surface area contributed by atoms with E-state index in [1.807, 2.05) is 0 Å². The van der Waals surface area contributed by atoms with Gasteiger partial charge in [-0.05, 0) is 91.7 Å². The SMILES string of the molecule is c1ccc(-c2ccc3c(c2)C2(c4ccccc4Oc4ccccc42)c2cc(-c4ccccc4)ccc2N3c2c3ccccc3c(-c3ccccc3)c3ccccc23)cc1. The van der Waals surface area contributed by atoms with Crippen LogP contribution in [0.15, 0.2) is 224 Å². The number of nitrogens with zero attached hydrogens (tertiary/aromatic N) is 1. The minimum absolute atomic E-state index is 0.724. The highest BCUT2D eigenvalue weighted by atomic mass is 16.5. The van der Waals surface area contributed by atoms with Gasteiger partial charge in [0, 0.05) is 21.9 Å². The first-order valence-corrected chi connectivity index (χ1v) is 20.3. The lowest BCUT2D eigenvalue weighted by molar-refractivity contribution is 0.434. The molecule has 10 aromatic carbocycles. The van der Waals surface area contributed by atoms with Gasteiger partial charge in [-0.3, -0.25) is 0 Å². The first kappa shape index (κ1) is 33.5. The van der Waals surface area contributed by atoms with Gasteiger partial charge in [-0.15, -0.1) is 0 Å². The van der Waals surface area contributed by atoms with E-state index in [1.54, 1.807) is 0 Å². The lowest BCUT2D eigenvalue weighted by Crippen LogP contribution is -2.40. The molecule has 0 amide bonds. The summed E-state index contributed by atoms with van der Waals surface area (Å²) in [5, 5.41) is 4.84. The third-order valence-electron chi connectivity index (χ3n) is 12.5. The van der Waals surface area contributed by atoms with Crippen LogP contribution in [0.1, 0.15) is 22.3 Å². The molecule has 2 aliphatic heterocycles. The molecular weight excluding hydrogens is 715 g/mol. The molecule has 0 saturated heterocycles. The molecule has 0 unspecified atom stereocenters. The zero-order chi connectivity index (χ0) is 38.9. The summed E-state index contributed by atoms with van der Waals surface area (Å²) in [6.07, 6.45) is 0. The van der Waals surface area contributed by atoms with Gasteiger partial charge in [-0.1, -0.05) is 188 Å². The molecule has 0 fully saturated rings. The van der Waals surface area contributed by atoms with E-state index in [-0.39, 0.29) is 0 Å². The second-order valence-electron chi connectivity index (χ2n) is 15.6. The maximum atomic E-state index is 6.83. The molecule has 0 bridgehead atoms. The van der Waals surface area contributed by atoms with Gasteiger partial charge < -0.3 is 9.64 Å². The molecule has 276 valence electrons. The van der Waals surface area contributed by atoms with E-state index in [9.17, 15) is 0 Å². The number of hydrogen-bond acceptors (Lipinski definition) is 2. The minimum Gasteiger partial charge on any atom is -0.457 e. The van der Waals surface area contributed by atoms with Crippen LogP contribution in [-0.2, 0) is 5.41 Å². The maximum absolute atomic E-state index is 6.83. The van der Waals surface area contributed by atoms with E-state index >= 15 is 0 Å². The van der Waals surface area contributed by atoms with E-state index in [0.29, 0.717) is 0 Å². The van der Waals surface area contributed by atoms with Gasteiger partial charge in [-0.2, -0.15) is 0 Å². The van der Waals surface area contributed by atoms with Crippen LogP contribution in [0, 0.1) is 0 Å². The fourth-order valence-corrected chi connectivity index (χ4v) is 10.0. The molecule has 2 heterocycles. The average Bonchev–Trinajstić information content (AvgIpc) is 3.31. The summed E-state index contributed by atoms with van der Waals surface area (Å²) in [6, 6.07) is 81.9. The molecular formula is C57H37NO. The van der Waals surface area contributed by atoms with Gasteiger partial charge in [0.2, 0.25) is 0 Å². The highest BCUT2D eigenvalue weighted by Crippen LogP contribution is 2.64. The van der Waals surface area contributed by atoms with Crippen LogP contribution in [0.5, 0.6) is 11.5 Å². The van der Waals surface area contributed by atoms with Gasteiger partial charge in [0.25, 0.3) is 0 Å². The quantitative estimate of drug-likeness (QED) is 0.166. The van der Waals surface area contributed by atoms with Gasteiger partial charge in [0.05, 0.1) is 22.5 Å². The van der Waals surface area contributed by atoms with Crippen molar-refractivity contribution in [3.05, 3.63) is 247 Å². The number of fused-ring (bicyclic) bond motifs is 10. The maximum Gasteiger partial charge on any atom is 0.132 e. The monoisotopic (exact) mass is 751 g/mol. The van der Waals surface area contributed by atoms with Gasteiger partial charge in [0.15, 0.2) is 0 Å². The van der Waals surface area contributed by atoms with Crippen molar-refractivity contribution in [2.75, 3.05) is 4.90 Å². The zero-order valence-electron chi connectivity index (χ0n) is 32.2. The Labute approximate surface area is 343 Å². The van der Waals surface area contributed by atoms with E-state index in [4.69, 9.17) is 4.74 Å². The van der Waals surface area contributed by atoms with Crippen molar-refractivity contribution < 1.29 is 4.74 Å². The fraction of sp³-hybridized carbons (Fsp3) is 0.0175. The number of ether oxygens (including phenoxy) is 1. The van der Waals surface area contributed by atoms with E-state index < -0.39 is 5.41 Å².